The van der Waals surface area contributed by atoms with Gasteiger partial charge in [0.25, 0.3) is 0 Å². The molecule has 0 bridgehead atoms. The van der Waals surface area contributed by atoms with Crippen molar-refractivity contribution < 1.29 is 19.1 Å². The normalized spacial score (nSPS) is 15.5. The molecule has 7 nitrogen and oxygen atoms in total. The van der Waals surface area contributed by atoms with Gasteiger partial charge < -0.3 is 20.1 Å². The molecule has 0 radical (unpaired) electrons. The van der Waals surface area contributed by atoms with Crippen LogP contribution in [0.5, 0.6) is 0 Å². The van der Waals surface area contributed by atoms with Crippen LogP contribution in [0.1, 0.15) is 18.4 Å². The van der Waals surface area contributed by atoms with Gasteiger partial charge in [-0.05, 0) is 18.4 Å². The Hall–Kier alpha value is -2.28. The molecule has 1 aromatic carbocycles. The number of alkyl carbamates (subject to hydrolysis) is 2. The lowest BCUT2D eigenvalue weighted by atomic mass is 10.0. The first-order valence-electron chi connectivity index (χ1n) is 8.19. The average Bonchev–Trinajstić information content (AvgIpc) is 2.61. The number of methoxy groups -OCH3 is 1. The number of piperidine rings is 1. The minimum atomic E-state index is -0.537. The molecule has 1 aliphatic heterocycles. The first-order chi connectivity index (χ1) is 11.7. The molecule has 0 saturated carbocycles. The average molecular weight is 335 g/mol. The van der Waals surface area contributed by atoms with Crippen molar-refractivity contribution in [3.63, 3.8) is 0 Å². The highest BCUT2D eigenvalue weighted by Crippen LogP contribution is 2.13. The molecule has 132 valence electrons. The zero-order valence-corrected chi connectivity index (χ0v) is 14.0. The lowest BCUT2D eigenvalue weighted by Crippen LogP contribution is -2.44. The Morgan fingerprint density at radius 2 is 1.88 bits per heavy atom. The smallest absolute Gasteiger partial charge is 0.407 e. The number of ether oxygens (including phenoxy) is 2. The summed E-state index contributed by atoms with van der Waals surface area (Å²) in [4.78, 5) is 24.9. The Kier molecular flexibility index (Phi) is 7.35. The topological polar surface area (TPSA) is 79.9 Å². The van der Waals surface area contributed by atoms with E-state index < -0.39 is 12.2 Å². The lowest BCUT2D eigenvalue weighted by Gasteiger charge is -2.32. The Labute approximate surface area is 142 Å². The quantitative estimate of drug-likeness (QED) is 0.774. The van der Waals surface area contributed by atoms with E-state index in [0.717, 1.165) is 32.5 Å². The van der Waals surface area contributed by atoms with Crippen molar-refractivity contribution in [2.24, 2.45) is 0 Å². The van der Waals surface area contributed by atoms with Crippen molar-refractivity contribution in [1.82, 2.24) is 15.5 Å². The standard InChI is InChI=1S/C17H25N3O4/c1-23-16(21)18-9-12-24-17(22)19-15-7-10-20(11-8-15)13-14-5-3-2-4-6-14/h2-6,15H,7-13H2,1H3,(H,18,21)(H,19,22). The molecule has 0 aliphatic carbocycles. The highest BCUT2D eigenvalue weighted by Gasteiger charge is 2.21. The molecule has 1 heterocycles. The van der Waals surface area contributed by atoms with E-state index in [1.807, 2.05) is 6.07 Å². The highest BCUT2D eigenvalue weighted by atomic mass is 16.6. The molecule has 1 saturated heterocycles. The van der Waals surface area contributed by atoms with Crippen LogP contribution in [0.4, 0.5) is 9.59 Å². The van der Waals surface area contributed by atoms with Crippen LogP contribution in [-0.4, -0.2) is 56.5 Å². The first kappa shape index (κ1) is 18.1. The largest absolute Gasteiger partial charge is 0.453 e. The van der Waals surface area contributed by atoms with Gasteiger partial charge in [0, 0.05) is 25.7 Å². The molecule has 2 N–H and O–H groups in total. The minimum Gasteiger partial charge on any atom is -0.453 e. The van der Waals surface area contributed by atoms with Gasteiger partial charge in [0.15, 0.2) is 0 Å². The Morgan fingerprint density at radius 1 is 1.17 bits per heavy atom. The van der Waals surface area contributed by atoms with Gasteiger partial charge in [-0.3, -0.25) is 4.90 Å². The Morgan fingerprint density at radius 3 is 2.54 bits per heavy atom. The molecule has 1 aliphatic rings. The van der Waals surface area contributed by atoms with Crippen LogP contribution in [0, 0.1) is 0 Å². The van der Waals surface area contributed by atoms with E-state index in [9.17, 15) is 9.59 Å². The number of nitrogens with zero attached hydrogens (tertiary/aromatic N) is 1. The molecule has 7 heteroatoms. The number of hydrogen-bond donors (Lipinski definition) is 2. The highest BCUT2D eigenvalue weighted by molar-refractivity contribution is 5.68. The third-order valence-corrected chi connectivity index (χ3v) is 3.95. The number of likely N-dealkylation sites (tertiary alicyclic amines) is 1. The van der Waals surface area contributed by atoms with Gasteiger partial charge >= 0.3 is 12.2 Å². The zero-order valence-electron chi connectivity index (χ0n) is 14.0. The molecule has 24 heavy (non-hydrogen) atoms. The molecular formula is C17H25N3O4. The van der Waals surface area contributed by atoms with Crippen LogP contribution in [0.15, 0.2) is 30.3 Å². The summed E-state index contributed by atoms with van der Waals surface area (Å²) in [5, 5.41) is 5.32. The summed E-state index contributed by atoms with van der Waals surface area (Å²) < 4.78 is 9.45. The fraction of sp³-hybridized carbons (Fsp3) is 0.529. The van der Waals surface area contributed by atoms with Crippen molar-refractivity contribution in [2.45, 2.75) is 25.4 Å². The second-order valence-electron chi connectivity index (χ2n) is 5.73. The fourth-order valence-corrected chi connectivity index (χ4v) is 2.65. The van der Waals surface area contributed by atoms with Crippen molar-refractivity contribution in [3.8, 4) is 0 Å². The van der Waals surface area contributed by atoms with E-state index in [0.29, 0.717) is 0 Å². The molecule has 0 atom stereocenters. The number of rotatable bonds is 6. The Bertz CT molecular complexity index is 516. The van der Waals surface area contributed by atoms with Crippen LogP contribution in [0.3, 0.4) is 0 Å². The predicted octanol–water partition coefficient (Wildman–Crippen LogP) is 1.73. The van der Waals surface area contributed by atoms with Crippen LogP contribution < -0.4 is 10.6 Å². The van der Waals surface area contributed by atoms with Crippen LogP contribution >= 0.6 is 0 Å². The van der Waals surface area contributed by atoms with Crippen LogP contribution in [0.25, 0.3) is 0 Å². The van der Waals surface area contributed by atoms with Gasteiger partial charge in [0.05, 0.1) is 13.7 Å². The molecular weight excluding hydrogens is 310 g/mol. The monoisotopic (exact) mass is 335 g/mol. The number of carbonyl (C=O) groups is 2. The molecule has 2 rings (SSSR count). The summed E-state index contributed by atoms with van der Waals surface area (Å²) in [5.74, 6) is 0. The molecule has 0 spiro atoms. The van der Waals surface area contributed by atoms with E-state index in [1.165, 1.54) is 12.7 Å². The molecule has 1 fully saturated rings. The van der Waals surface area contributed by atoms with Gasteiger partial charge in [0.2, 0.25) is 0 Å². The van der Waals surface area contributed by atoms with Crippen LogP contribution in [-0.2, 0) is 16.0 Å². The lowest BCUT2D eigenvalue weighted by molar-refractivity contribution is 0.128. The van der Waals surface area contributed by atoms with Gasteiger partial charge in [-0.25, -0.2) is 9.59 Å². The van der Waals surface area contributed by atoms with Crippen molar-refractivity contribution in [1.29, 1.82) is 0 Å². The first-order valence-corrected chi connectivity index (χ1v) is 8.19. The van der Waals surface area contributed by atoms with Crippen molar-refractivity contribution >= 4 is 12.2 Å². The maximum Gasteiger partial charge on any atom is 0.407 e. The van der Waals surface area contributed by atoms with E-state index in [2.05, 4.69) is 44.5 Å². The second-order valence-corrected chi connectivity index (χ2v) is 5.73. The second kappa shape index (κ2) is 9.77. The third-order valence-electron chi connectivity index (χ3n) is 3.95. The van der Waals surface area contributed by atoms with E-state index >= 15 is 0 Å². The van der Waals surface area contributed by atoms with Crippen molar-refractivity contribution in [2.75, 3.05) is 33.4 Å². The van der Waals surface area contributed by atoms with Gasteiger partial charge in [-0.1, -0.05) is 30.3 Å². The molecule has 0 aromatic heterocycles. The number of hydrogen-bond acceptors (Lipinski definition) is 5. The minimum absolute atomic E-state index is 0.119. The summed E-state index contributed by atoms with van der Waals surface area (Å²) in [7, 11) is 1.28. The summed E-state index contributed by atoms with van der Waals surface area (Å²) in [6.07, 6.45) is 0.831. The maximum atomic E-state index is 11.7. The third kappa shape index (κ3) is 6.45. The van der Waals surface area contributed by atoms with E-state index in [4.69, 9.17) is 4.74 Å². The predicted molar refractivity (Wildman–Crippen MR) is 89.6 cm³/mol. The molecule has 2 amide bonds. The summed E-state index contributed by atoms with van der Waals surface area (Å²) >= 11 is 0. The number of carbonyl (C=O) groups excluding carboxylic acids is 2. The number of nitrogens with one attached hydrogen (secondary N) is 2. The molecule has 0 unspecified atom stereocenters. The number of benzene rings is 1. The Balaban J connectivity index is 1.58. The van der Waals surface area contributed by atoms with Gasteiger partial charge in [0.1, 0.15) is 6.61 Å². The SMILES string of the molecule is COC(=O)NCCOC(=O)NC1CCN(Cc2ccccc2)CC1. The summed E-state index contributed by atoms with van der Waals surface area (Å²) in [6, 6.07) is 10.5. The fourth-order valence-electron chi connectivity index (χ4n) is 2.65. The van der Waals surface area contributed by atoms with E-state index in [1.54, 1.807) is 0 Å². The van der Waals surface area contributed by atoms with Crippen LogP contribution in [0.2, 0.25) is 0 Å². The van der Waals surface area contributed by atoms with Gasteiger partial charge in [-0.2, -0.15) is 0 Å². The zero-order chi connectivity index (χ0) is 17.2. The maximum absolute atomic E-state index is 11.7. The van der Waals surface area contributed by atoms with Gasteiger partial charge in [-0.15, -0.1) is 0 Å². The van der Waals surface area contributed by atoms with Crippen molar-refractivity contribution in [3.05, 3.63) is 35.9 Å². The van der Waals surface area contributed by atoms with E-state index in [-0.39, 0.29) is 19.2 Å². The summed E-state index contributed by atoms with van der Waals surface area (Å²) in [6.45, 7) is 3.19. The summed E-state index contributed by atoms with van der Waals surface area (Å²) in [5.41, 5.74) is 1.31. The molecule has 1 aromatic rings. The number of amides is 2.